The lowest BCUT2D eigenvalue weighted by atomic mass is 10.2. The van der Waals surface area contributed by atoms with Gasteiger partial charge in [-0.3, -0.25) is 9.59 Å². The third-order valence-electron chi connectivity index (χ3n) is 4.46. The molecule has 154 valence electrons. The fraction of sp³-hybridized carbons (Fsp3) is 0.300. The van der Waals surface area contributed by atoms with Crippen molar-refractivity contribution in [1.29, 1.82) is 0 Å². The number of carbonyl (C=O) groups excluding carboxylic acids is 2. The molecule has 1 saturated carbocycles. The molecule has 3 rings (SSSR count). The molecule has 0 aromatic heterocycles. The van der Waals surface area contributed by atoms with Crippen LogP contribution in [0.3, 0.4) is 0 Å². The molecule has 0 bridgehead atoms. The van der Waals surface area contributed by atoms with Crippen LogP contribution >= 0.6 is 0 Å². The van der Waals surface area contributed by atoms with Gasteiger partial charge in [-0.1, -0.05) is 24.3 Å². The van der Waals surface area contributed by atoms with Gasteiger partial charge in [-0.15, -0.1) is 0 Å². The molecule has 1 fully saturated rings. The number of hydrogen-bond donors (Lipinski definition) is 3. The SMILES string of the molecule is C[C@H](NS(=O)(=O)c1ccccc1F)C(=O)NCc1cccc(NC(=O)C2CC2)c1. The zero-order valence-corrected chi connectivity index (χ0v) is 16.6. The number of hydrogen-bond acceptors (Lipinski definition) is 4. The molecule has 1 atom stereocenters. The van der Waals surface area contributed by atoms with Crippen molar-refractivity contribution in [2.24, 2.45) is 5.92 Å². The van der Waals surface area contributed by atoms with E-state index in [0.717, 1.165) is 30.5 Å². The van der Waals surface area contributed by atoms with Gasteiger partial charge in [0.2, 0.25) is 21.8 Å². The Balaban J connectivity index is 1.56. The average molecular weight is 419 g/mol. The second-order valence-corrected chi connectivity index (χ2v) is 8.64. The topological polar surface area (TPSA) is 104 Å². The summed E-state index contributed by atoms with van der Waals surface area (Å²) in [5.41, 5.74) is 1.39. The standard InChI is InChI=1S/C20H22FN3O4S/c1-13(24-29(27,28)18-8-3-2-7-17(18)21)19(25)22-12-14-5-4-6-16(11-14)23-20(26)15-9-10-15/h2-8,11,13,15,24H,9-10,12H2,1H3,(H,22,25)(H,23,26)/t13-/m0/s1. The highest BCUT2D eigenvalue weighted by Gasteiger charge is 2.29. The van der Waals surface area contributed by atoms with E-state index in [1.165, 1.54) is 19.1 Å². The third kappa shape index (κ3) is 5.61. The van der Waals surface area contributed by atoms with E-state index in [1.807, 2.05) is 0 Å². The lowest BCUT2D eigenvalue weighted by molar-refractivity contribution is -0.122. The van der Waals surface area contributed by atoms with Crippen LogP contribution < -0.4 is 15.4 Å². The first-order chi connectivity index (χ1) is 13.8. The van der Waals surface area contributed by atoms with Crippen LogP contribution in [0.4, 0.5) is 10.1 Å². The molecule has 0 spiro atoms. The summed E-state index contributed by atoms with van der Waals surface area (Å²) in [5.74, 6) is -1.38. The van der Waals surface area contributed by atoms with Crippen molar-refractivity contribution in [3.8, 4) is 0 Å². The van der Waals surface area contributed by atoms with Crippen LogP contribution in [-0.2, 0) is 26.2 Å². The van der Waals surface area contributed by atoms with E-state index < -0.39 is 32.7 Å². The molecule has 2 aromatic carbocycles. The van der Waals surface area contributed by atoms with Crippen LogP contribution in [0.5, 0.6) is 0 Å². The summed E-state index contributed by atoms with van der Waals surface area (Å²) >= 11 is 0. The first kappa shape index (κ1) is 20.9. The summed E-state index contributed by atoms with van der Waals surface area (Å²) in [4.78, 5) is 23.6. The molecule has 0 aliphatic heterocycles. The van der Waals surface area contributed by atoms with E-state index in [9.17, 15) is 22.4 Å². The highest BCUT2D eigenvalue weighted by Crippen LogP contribution is 2.30. The average Bonchev–Trinajstić information content (AvgIpc) is 3.51. The number of amides is 2. The maximum Gasteiger partial charge on any atom is 0.244 e. The Morgan fingerprint density at radius 1 is 1.14 bits per heavy atom. The molecule has 7 nitrogen and oxygen atoms in total. The van der Waals surface area contributed by atoms with Gasteiger partial charge in [0, 0.05) is 18.2 Å². The second-order valence-electron chi connectivity index (χ2n) is 6.96. The lowest BCUT2D eigenvalue weighted by Gasteiger charge is -2.15. The van der Waals surface area contributed by atoms with E-state index in [0.29, 0.717) is 5.69 Å². The van der Waals surface area contributed by atoms with Crippen LogP contribution in [-0.4, -0.2) is 26.3 Å². The van der Waals surface area contributed by atoms with Gasteiger partial charge in [0.1, 0.15) is 10.7 Å². The zero-order valence-electron chi connectivity index (χ0n) is 15.8. The number of carbonyl (C=O) groups is 2. The number of halogens is 1. The molecule has 0 radical (unpaired) electrons. The van der Waals surface area contributed by atoms with Crippen molar-refractivity contribution in [3.05, 3.63) is 59.9 Å². The summed E-state index contributed by atoms with van der Waals surface area (Å²) in [7, 11) is -4.17. The summed E-state index contributed by atoms with van der Waals surface area (Å²) in [5, 5.41) is 5.46. The zero-order chi connectivity index (χ0) is 21.0. The molecule has 29 heavy (non-hydrogen) atoms. The summed E-state index contributed by atoms with van der Waals surface area (Å²) < 4.78 is 40.5. The molecule has 1 aliphatic carbocycles. The van der Waals surface area contributed by atoms with Gasteiger partial charge in [-0.25, -0.2) is 12.8 Å². The molecule has 1 aliphatic rings. The first-order valence-electron chi connectivity index (χ1n) is 9.20. The highest BCUT2D eigenvalue weighted by molar-refractivity contribution is 7.89. The summed E-state index contributed by atoms with van der Waals surface area (Å²) in [6, 6.07) is 10.9. The Kier molecular flexibility index (Phi) is 6.29. The third-order valence-corrected chi connectivity index (χ3v) is 6.03. The molecular formula is C20H22FN3O4S. The van der Waals surface area contributed by atoms with Gasteiger partial charge < -0.3 is 10.6 Å². The van der Waals surface area contributed by atoms with E-state index in [1.54, 1.807) is 24.3 Å². The fourth-order valence-electron chi connectivity index (χ4n) is 2.70. The van der Waals surface area contributed by atoms with E-state index in [4.69, 9.17) is 0 Å². The molecule has 0 unspecified atom stereocenters. The predicted molar refractivity (Wildman–Crippen MR) is 106 cm³/mol. The normalized spacial score (nSPS) is 14.8. The second kappa shape index (κ2) is 8.71. The van der Waals surface area contributed by atoms with Crippen molar-refractivity contribution >= 4 is 27.5 Å². The van der Waals surface area contributed by atoms with Gasteiger partial charge in [0.05, 0.1) is 6.04 Å². The molecule has 0 heterocycles. The van der Waals surface area contributed by atoms with Crippen LogP contribution in [0.1, 0.15) is 25.3 Å². The largest absolute Gasteiger partial charge is 0.351 e. The molecule has 2 amide bonds. The maximum absolute atomic E-state index is 13.7. The van der Waals surface area contributed by atoms with Crippen molar-refractivity contribution in [1.82, 2.24) is 10.0 Å². The number of rotatable bonds is 8. The smallest absolute Gasteiger partial charge is 0.244 e. The highest BCUT2D eigenvalue weighted by atomic mass is 32.2. The molecule has 9 heteroatoms. The monoisotopic (exact) mass is 419 g/mol. The Morgan fingerprint density at radius 2 is 1.86 bits per heavy atom. The maximum atomic E-state index is 13.7. The van der Waals surface area contributed by atoms with Crippen molar-refractivity contribution in [2.75, 3.05) is 5.32 Å². The van der Waals surface area contributed by atoms with Gasteiger partial charge in [0.25, 0.3) is 0 Å². The first-order valence-corrected chi connectivity index (χ1v) is 10.7. The van der Waals surface area contributed by atoms with Crippen LogP contribution in [0.15, 0.2) is 53.4 Å². The Bertz CT molecular complexity index is 1020. The van der Waals surface area contributed by atoms with Gasteiger partial charge in [0.15, 0.2) is 0 Å². The van der Waals surface area contributed by atoms with Crippen molar-refractivity contribution in [3.63, 3.8) is 0 Å². The molecule has 2 aromatic rings. The number of nitrogens with one attached hydrogen (secondary N) is 3. The molecule has 3 N–H and O–H groups in total. The Hall–Kier alpha value is -2.78. The molecular weight excluding hydrogens is 397 g/mol. The molecule has 0 saturated heterocycles. The van der Waals surface area contributed by atoms with Gasteiger partial charge in [-0.05, 0) is 49.6 Å². The van der Waals surface area contributed by atoms with E-state index >= 15 is 0 Å². The van der Waals surface area contributed by atoms with Crippen molar-refractivity contribution < 1.29 is 22.4 Å². The Morgan fingerprint density at radius 3 is 2.55 bits per heavy atom. The fourth-order valence-corrected chi connectivity index (χ4v) is 3.99. The van der Waals surface area contributed by atoms with Crippen LogP contribution in [0.25, 0.3) is 0 Å². The lowest BCUT2D eigenvalue weighted by Crippen LogP contribution is -2.44. The van der Waals surface area contributed by atoms with Gasteiger partial charge in [-0.2, -0.15) is 4.72 Å². The summed E-state index contributed by atoms with van der Waals surface area (Å²) in [6.45, 7) is 1.53. The summed E-state index contributed by atoms with van der Waals surface area (Å²) in [6.07, 6.45) is 1.81. The van der Waals surface area contributed by atoms with Crippen LogP contribution in [0.2, 0.25) is 0 Å². The number of sulfonamides is 1. The Labute approximate surface area is 168 Å². The quantitative estimate of drug-likeness (QED) is 0.610. The van der Waals surface area contributed by atoms with E-state index in [2.05, 4.69) is 15.4 Å². The van der Waals surface area contributed by atoms with Crippen LogP contribution in [0, 0.1) is 11.7 Å². The number of benzene rings is 2. The van der Waals surface area contributed by atoms with E-state index in [-0.39, 0.29) is 18.4 Å². The minimum Gasteiger partial charge on any atom is -0.351 e. The number of anilines is 1. The van der Waals surface area contributed by atoms with Crippen molar-refractivity contribution in [2.45, 2.75) is 37.2 Å². The minimum absolute atomic E-state index is 0.0117. The van der Waals surface area contributed by atoms with Gasteiger partial charge >= 0.3 is 0 Å². The predicted octanol–water partition coefficient (Wildman–Crippen LogP) is 2.16. The minimum atomic E-state index is -4.17.